The Hall–Kier alpha value is -1.55. The average Bonchev–Trinajstić information content (AvgIpc) is 2.17. The zero-order valence-corrected chi connectivity index (χ0v) is 8.51. The summed E-state index contributed by atoms with van der Waals surface area (Å²) < 4.78 is 5.07. The van der Waals surface area contributed by atoms with Gasteiger partial charge in [0.05, 0.1) is 0 Å². The summed E-state index contributed by atoms with van der Waals surface area (Å²) >= 11 is 0. The Morgan fingerprint density at radius 3 is 2.80 bits per heavy atom. The summed E-state index contributed by atoms with van der Waals surface area (Å²) in [5.74, 6) is -0.853. The van der Waals surface area contributed by atoms with Crippen LogP contribution < -0.4 is 0 Å². The maximum atomic E-state index is 10.8. The fourth-order valence-electron chi connectivity index (χ4n) is 1.32. The van der Waals surface area contributed by atoms with Crippen LogP contribution in [0.5, 0.6) is 5.75 Å². The van der Waals surface area contributed by atoms with Crippen LogP contribution in [0.15, 0.2) is 24.3 Å². The third kappa shape index (κ3) is 3.59. The van der Waals surface area contributed by atoms with Crippen molar-refractivity contribution in [1.29, 1.82) is 0 Å². The molecule has 0 heterocycles. The molecule has 0 fully saturated rings. The van der Waals surface area contributed by atoms with Gasteiger partial charge < -0.3 is 14.9 Å². The van der Waals surface area contributed by atoms with Crippen LogP contribution in [0.25, 0.3) is 0 Å². The molecule has 0 spiro atoms. The fraction of sp³-hybridized carbons (Fsp3) is 0.364. The van der Waals surface area contributed by atoms with Crippen molar-refractivity contribution in [3.63, 3.8) is 0 Å². The quantitative estimate of drug-likeness (QED) is 0.771. The molecule has 4 nitrogen and oxygen atoms in total. The lowest BCUT2D eigenvalue weighted by molar-refractivity contribution is -0.149. The maximum absolute atomic E-state index is 10.8. The number of ether oxygens (including phenoxy) is 1. The van der Waals surface area contributed by atoms with Gasteiger partial charge in [0, 0.05) is 13.0 Å². The number of aliphatic carboxylic acids is 1. The molecule has 0 radical (unpaired) electrons. The number of carboxylic acid groups (broad SMARTS) is 1. The van der Waals surface area contributed by atoms with Gasteiger partial charge in [0.15, 0.2) is 6.10 Å². The lowest BCUT2D eigenvalue weighted by atomic mass is 10.1. The number of phenolic OH excluding ortho intramolecular Hbond substituents is 1. The second-order valence-corrected chi connectivity index (χ2v) is 3.16. The van der Waals surface area contributed by atoms with Gasteiger partial charge in [-0.1, -0.05) is 12.1 Å². The largest absolute Gasteiger partial charge is 0.508 e. The summed E-state index contributed by atoms with van der Waals surface area (Å²) in [7, 11) is 0. The van der Waals surface area contributed by atoms with Crippen LogP contribution >= 0.6 is 0 Å². The lowest BCUT2D eigenvalue weighted by Gasteiger charge is -2.12. The summed E-state index contributed by atoms with van der Waals surface area (Å²) in [5.41, 5.74) is 0.746. The van der Waals surface area contributed by atoms with E-state index in [1.54, 1.807) is 25.1 Å². The van der Waals surface area contributed by atoms with Gasteiger partial charge >= 0.3 is 5.97 Å². The molecular weight excluding hydrogens is 196 g/mol. The van der Waals surface area contributed by atoms with E-state index in [4.69, 9.17) is 9.84 Å². The van der Waals surface area contributed by atoms with Crippen molar-refractivity contribution < 1.29 is 19.7 Å². The standard InChI is InChI=1S/C11H14O4/c1-2-15-10(11(13)14)7-8-4-3-5-9(12)6-8/h3-6,10,12H,2,7H2,1H3,(H,13,14). The van der Waals surface area contributed by atoms with E-state index in [0.29, 0.717) is 6.61 Å². The van der Waals surface area contributed by atoms with Crippen LogP contribution in [0, 0.1) is 0 Å². The number of carbonyl (C=O) groups is 1. The van der Waals surface area contributed by atoms with Crippen molar-refractivity contribution in [1.82, 2.24) is 0 Å². The minimum absolute atomic E-state index is 0.133. The Kier molecular flexibility index (Phi) is 4.12. The molecular formula is C11H14O4. The smallest absolute Gasteiger partial charge is 0.333 e. The van der Waals surface area contributed by atoms with E-state index in [1.165, 1.54) is 6.07 Å². The molecule has 0 bridgehead atoms. The number of benzene rings is 1. The highest BCUT2D eigenvalue weighted by Gasteiger charge is 2.17. The number of hydrogen-bond acceptors (Lipinski definition) is 3. The van der Waals surface area contributed by atoms with Crippen molar-refractivity contribution >= 4 is 5.97 Å². The van der Waals surface area contributed by atoms with Gasteiger partial charge in [-0.15, -0.1) is 0 Å². The highest BCUT2D eigenvalue weighted by molar-refractivity contribution is 5.72. The first-order chi connectivity index (χ1) is 7.13. The molecule has 15 heavy (non-hydrogen) atoms. The van der Waals surface area contributed by atoms with Crippen LogP contribution in [0.1, 0.15) is 12.5 Å². The van der Waals surface area contributed by atoms with Crippen LogP contribution in [0.4, 0.5) is 0 Å². The lowest BCUT2D eigenvalue weighted by Crippen LogP contribution is -2.26. The second kappa shape index (κ2) is 5.36. The number of hydrogen-bond donors (Lipinski definition) is 2. The average molecular weight is 210 g/mol. The van der Waals surface area contributed by atoms with Crippen molar-refractivity contribution in [2.24, 2.45) is 0 Å². The van der Waals surface area contributed by atoms with E-state index in [-0.39, 0.29) is 12.2 Å². The molecule has 0 saturated heterocycles. The van der Waals surface area contributed by atoms with Crippen molar-refractivity contribution in [2.45, 2.75) is 19.4 Å². The number of rotatable bonds is 5. The normalized spacial score (nSPS) is 12.3. The Bertz CT molecular complexity index is 335. The highest BCUT2D eigenvalue weighted by atomic mass is 16.5. The molecule has 0 aliphatic heterocycles. The molecule has 4 heteroatoms. The van der Waals surface area contributed by atoms with Gasteiger partial charge in [0.25, 0.3) is 0 Å². The second-order valence-electron chi connectivity index (χ2n) is 3.16. The Morgan fingerprint density at radius 2 is 2.27 bits per heavy atom. The maximum Gasteiger partial charge on any atom is 0.333 e. The molecule has 1 aromatic rings. The molecule has 1 aromatic carbocycles. The van der Waals surface area contributed by atoms with Crippen molar-refractivity contribution in [3.8, 4) is 5.75 Å². The Balaban J connectivity index is 2.69. The first-order valence-electron chi connectivity index (χ1n) is 4.75. The van der Waals surface area contributed by atoms with E-state index in [1.807, 2.05) is 0 Å². The molecule has 0 saturated carbocycles. The van der Waals surface area contributed by atoms with Gasteiger partial charge in [-0.25, -0.2) is 4.79 Å². The summed E-state index contributed by atoms with van der Waals surface area (Å²) in [4.78, 5) is 10.8. The molecule has 0 aliphatic carbocycles. The summed E-state index contributed by atoms with van der Waals surface area (Å²) in [6.45, 7) is 2.11. The third-order valence-corrected chi connectivity index (χ3v) is 1.97. The van der Waals surface area contributed by atoms with Crippen LogP contribution in [-0.4, -0.2) is 28.9 Å². The van der Waals surface area contributed by atoms with E-state index in [0.717, 1.165) is 5.56 Å². The first-order valence-corrected chi connectivity index (χ1v) is 4.75. The molecule has 82 valence electrons. The predicted octanol–water partition coefficient (Wildman–Crippen LogP) is 1.42. The minimum atomic E-state index is -0.986. The van der Waals surface area contributed by atoms with Gasteiger partial charge in [0.2, 0.25) is 0 Å². The molecule has 1 rings (SSSR count). The zero-order valence-electron chi connectivity index (χ0n) is 8.51. The van der Waals surface area contributed by atoms with Crippen LogP contribution in [0.2, 0.25) is 0 Å². The minimum Gasteiger partial charge on any atom is -0.508 e. The number of carboxylic acids is 1. The molecule has 2 N–H and O–H groups in total. The molecule has 0 aromatic heterocycles. The van der Waals surface area contributed by atoms with Crippen LogP contribution in [-0.2, 0) is 16.0 Å². The molecule has 1 unspecified atom stereocenters. The third-order valence-electron chi connectivity index (χ3n) is 1.97. The van der Waals surface area contributed by atoms with E-state index >= 15 is 0 Å². The monoisotopic (exact) mass is 210 g/mol. The predicted molar refractivity (Wildman–Crippen MR) is 54.9 cm³/mol. The SMILES string of the molecule is CCOC(Cc1cccc(O)c1)C(=O)O. The fourth-order valence-corrected chi connectivity index (χ4v) is 1.32. The molecule has 1 atom stereocenters. The van der Waals surface area contributed by atoms with Crippen molar-refractivity contribution in [2.75, 3.05) is 6.61 Å². The first kappa shape index (κ1) is 11.5. The highest BCUT2D eigenvalue weighted by Crippen LogP contribution is 2.13. The van der Waals surface area contributed by atoms with Gasteiger partial charge in [-0.05, 0) is 24.6 Å². The Morgan fingerprint density at radius 1 is 1.53 bits per heavy atom. The zero-order chi connectivity index (χ0) is 11.3. The Labute approximate surface area is 88.1 Å². The molecule has 0 amide bonds. The topological polar surface area (TPSA) is 66.8 Å². The summed E-state index contributed by atoms with van der Waals surface area (Å²) in [6, 6.07) is 6.51. The van der Waals surface area contributed by atoms with Crippen LogP contribution in [0.3, 0.4) is 0 Å². The van der Waals surface area contributed by atoms with E-state index < -0.39 is 12.1 Å². The molecule has 0 aliphatic rings. The van der Waals surface area contributed by atoms with Crippen molar-refractivity contribution in [3.05, 3.63) is 29.8 Å². The van der Waals surface area contributed by atoms with Gasteiger partial charge in [-0.2, -0.15) is 0 Å². The number of aromatic hydroxyl groups is 1. The van der Waals surface area contributed by atoms with E-state index in [2.05, 4.69) is 0 Å². The van der Waals surface area contributed by atoms with Gasteiger partial charge in [0.1, 0.15) is 5.75 Å². The summed E-state index contributed by atoms with van der Waals surface area (Å²) in [5, 5.41) is 18.1. The summed E-state index contributed by atoms with van der Waals surface area (Å²) in [6.07, 6.45) is -0.589. The number of phenols is 1. The van der Waals surface area contributed by atoms with Gasteiger partial charge in [-0.3, -0.25) is 0 Å². The van der Waals surface area contributed by atoms with E-state index in [9.17, 15) is 9.90 Å².